The molecule has 1 fully saturated rings. The highest BCUT2D eigenvalue weighted by Gasteiger charge is 2.53. The Bertz CT molecular complexity index is 384. The third-order valence-corrected chi connectivity index (χ3v) is 4.98. The van der Waals surface area contributed by atoms with Gasteiger partial charge in [-0.15, -0.1) is 11.6 Å². The Balaban J connectivity index is 2.13. The van der Waals surface area contributed by atoms with Crippen LogP contribution in [0.25, 0.3) is 0 Å². The summed E-state index contributed by atoms with van der Waals surface area (Å²) in [4.78, 5) is 0. The molecule has 0 bridgehead atoms. The van der Waals surface area contributed by atoms with E-state index >= 15 is 0 Å². The van der Waals surface area contributed by atoms with Crippen LogP contribution in [0, 0.1) is 12.3 Å². The van der Waals surface area contributed by atoms with Gasteiger partial charge in [0.05, 0.1) is 0 Å². The summed E-state index contributed by atoms with van der Waals surface area (Å²) in [6.45, 7) is 6.52. The molecule has 17 heavy (non-hydrogen) atoms. The Hall–Kier alpha value is -0.690. The van der Waals surface area contributed by atoms with Gasteiger partial charge >= 0.3 is 0 Å². The van der Waals surface area contributed by atoms with Gasteiger partial charge in [-0.1, -0.05) is 32.0 Å². The second kappa shape index (κ2) is 4.89. The molecule has 94 valence electrons. The summed E-state index contributed by atoms with van der Waals surface area (Å²) in [5.41, 5.74) is 1.37. The summed E-state index contributed by atoms with van der Waals surface area (Å²) in [6, 6.07) is 8.21. The van der Waals surface area contributed by atoms with Crippen LogP contribution >= 0.6 is 11.6 Å². The van der Waals surface area contributed by atoms with Crippen molar-refractivity contribution in [3.8, 4) is 5.75 Å². The van der Waals surface area contributed by atoms with E-state index in [0.29, 0.717) is 0 Å². The minimum atomic E-state index is 0.170. The molecule has 1 aromatic carbocycles. The van der Waals surface area contributed by atoms with Gasteiger partial charge in [-0.3, -0.25) is 0 Å². The fourth-order valence-corrected chi connectivity index (χ4v) is 3.47. The van der Waals surface area contributed by atoms with E-state index in [4.69, 9.17) is 16.3 Å². The van der Waals surface area contributed by atoms with Gasteiger partial charge in [0.2, 0.25) is 0 Å². The number of alkyl halides is 1. The van der Waals surface area contributed by atoms with Gasteiger partial charge in [0.25, 0.3) is 0 Å². The summed E-state index contributed by atoms with van der Waals surface area (Å²) in [5, 5.41) is 0.270. The van der Waals surface area contributed by atoms with Gasteiger partial charge < -0.3 is 4.74 Å². The smallest absolute Gasteiger partial charge is 0.122 e. The molecule has 0 heterocycles. The fourth-order valence-electron chi connectivity index (χ4n) is 2.85. The lowest BCUT2D eigenvalue weighted by atomic mass is 9.62. The molecule has 0 N–H and O–H groups in total. The van der Waals surface area contributed by atoms with E-state index in [2.05, 4.69) is 26.8 Å². The molecule has 1 saturated carbocycles. The predicted octanol–water partition coefficient (Wildman–Crippen LogP) is 4.56. The van der Waals surface area contributed by atoms with E-state index in [-0.39, 0.29) is 16.9 Å². The van der Waals surface area contributed by atoms with Crippen molar-refractivity contribution in [3.63, 3.8) is 0 Å². The minimum absolute atomic E-state index is 0.170. The number of halogens is 1. The molecule has 1 aliphatic rings. The third-order valence-electron chi connectivity index (χ3n) is 4.37. The zero-order valence-electron chi connectivity index (χ0n) is 10.9. The summed E-state index contributed by atoms with van der Waals surface area (Å²) >= 11 is 6.39. The van der Waals surface area contributed by atoms with Crippen LogP contribution in [0.2, 0.25) is 0 Å². The molecule has 0 aromatic heterocycles. The summed E-state index contributed by atoms with van der Waals surface area (Å²) in [5.74, 6) is 1.01. The third kappa shape index (κ3) is 2.06. The van der Waals surface area contributed by atoms with Gasteiger partial charge in [0.1, 0.15) is 11.9 Å². The topological polar surface area (TPSA) is 9.23 Å². The minimum Gasteiger partial charge on any atom is -0.489 e. The highest BCUT2D eigenvalue weighted by Crippen LogP contribution is 2.52. The van der Waals surface area contributed by atoms with Crippen molar-refractivity contribution >= 4 is 11.6 Å². The zero-order chi connectivity index (χ0) is 12.5. The van der Waals surface area contributed by atoms with Gasteiger partial charge in [-0.25, -0.2) is 0 Å². The zero-order valence-corrected chi connectivity index (χ0v) is 11.6. The number of rotatable bonds is 4. The van der Waals surface area contributed by atoms with Crippen LogP contribution < -0.4 is 4.74 Å². The van der Waals surface area contributed by atoms with Gasteiger partial charge in [-0.2, -0.15) is 0 Å². The molecule has 2 unspecified atom stereocenters. The van der Waals surface area contributed by atoms with Crippen LogP contribution in [0.5, 0.6) is 5.75 Å². The lowest BCUT2D eigenvalue weighted by Crippen LogP contribution is -2.56. The predicted molar refractivity (Wildman–Crippen MR) is 72.9 cm³/mol. The van der Waals surface area contributed by atoms with Crippen LogP contribution in [0.1, 0.15) is 38.7 Å². The molecule has 0 aliphatic heterocycles. The molecule has 1 nitrogen and oxygen atoms in total. The maximum atomic E-state index is 6.39. The van der Waals surface area contributed by atoms with Crippen molar-refractivity contribution < 1.29 is 4.74 Å². The summed E-state index contributed by atoms with van der Waals surface area (Å²) < 4.78 is 6.16. The van der Waals surface area contributed by atoms with Gasteiger partial charge in [0.15, 0.2) is 0 Å². The molecule has 0 saturated heterocycles. The Kier molecular flexibility index (Phi) is 3.67. The lowest BCUT2D eigenvalue weighted by molar-refractivity contribution is -0.0465. The molecule has 2 rings (SSSR count). The van der Waals surface area contributed by atoms with Crippen molar-refractivity contribution in [2.45, 2.75) is 51.5 Å². The van der Waals surface area contributed by atoms with Crippen LogP contribution in [0.3, 0.4) is 0 Å². The molecule has 0 spiro atoms. The largest absolute Gasteiger partial charge is 0.489 e. The number of hydrogen-bond acceptors (Lipinski definition) is 1. The molecule has 1 aromatic rings. The molecule has 2 atom stereocenters. The first-order chi connectivity index (χ1) is 8.14. The van der Waals surface area contributed by atoms with Gasteiger partial charge in [0, 0.05) is 17.2 Å². The Morgan fingerprint density at radius 3 is 2.47 bits per heavy atom. The first kappa shape index (κ1) is 12.8. The first-order valence-electron chi connectivity index (χ1n) is 6.50. The van der Waals surface area contributed by atoms with E-state index in [1.54, 1.807) is 0 Å². The highest BCUT2D eigenvalue weighted by atomic mass is 35.5. The average Bonchev–Trinajstić information content (AvgIpc) is 2.33. The molecule has 1 aliphatic carbocycles. The van der Waals surface area contributed by atoms with Crippen LogP contribution in [0.15, 0.2) is 24.3 Å². The molecule has 0 amide bonds. The normalized spacial score (nSPS) is 26.4. The number of benzene rings is 1. The second-order valence-corrected chi connectivity index (χ2v) is 5.54. The van der Waals surface area contributed by atoms with E-state index < -0.39 is 0 Å². The number of ether oxygens (including phenoxy) is 1. The Labute approximate surface area is 109 Å². The van der Waals surface area contributed by atoms with E-state index in [0.717, 1.165) is 25.0 Å². The average molecular weight is 253 g/mol. The Morgan fingerprint density at radius 2 is 1.94 bits per heavy atom. The standard InChI is InChI=1S/C15H21ClO/c1-4-15(5-2)13(16)10-14(15)17-12-9-7-6-8-11(12)3/h6-9,13-14H,4-5,10H2,1-3H3. The second-order valence-electron chi connectivity index (χ2n) is 5.02. The van der Waals surface area contributed by atoms with Crippen molar-refractivity contribution in [2.24, 2.45) is 5.41 Å². The van der Waals surface area contributed by atoms with E-state index in [1.807, 2.05) is 18.2 Å². The van der Waals surface area contributed by atoms with Crippen LogP contribution in [-0.4, -0.2) is 11.5 Å². The van der Waals surface area contributed by atoms with E-state index in [9.17, 15) is 0 Å². The number of para-hydroxylation sites is 1. The Morgan fingerprint density at radius 1 is 1.29 bits per heavy atom. The highest BCUT2D eigenvalue weighted by molar-refractivity contribution is 6.21. The van der Waals surface area contributed by atoms with E-state index in [1.165, 1.54) is 5.56 Å². The maximum Gasteiger partial charge on any atom is 0.122 e. The summed E-state index contributed by atoms with van der Waals surface area (Å²) in [6.07, 6.45) is 3.43. The lowest BCUT2D eigenvalue weighted by Gasteiger charge is -2.52. The van der Waals surface area contributed by atoms with Crippen molar-refractivity contribution in [2.75, 3.05) is 0 Å². The number of aryl methyl sites for hydroxylation is 1. The van der Waals surface area contributed by atoms with Gasteiger partial charge in [-0.05, 0) is 31.4 Å². The molecular formula is C15H21ClO. The van der Waals surface area contributed by atoms with Crippen molar-refractivity contribution in [1.29, 1.82) is 0 Å². The summed E-state index contributed by atoms with van der Waals surface area (Å²) in [7, 11) is 0. The van der Waals surface area contributed by atoms with Crippen molar-refractivity contribution in [3.05, 3.63) is 29.8 Å². The number of hydrogen-bond donors (Lipinski definition) is 0. The SMILES string of the molecule is CCC1(CC)C(Cl)CC1Oc1ccccc1C. The molecule has 0 radical (unpaired) electrons. The maximum absolute atomic E-state index is 6.39. The van der Waals surface area contributed by atoms with Crippen LogP contribution in [0.4, 0.5) is 0 Å². The molecular weight excluding hydrogens is 232 g/mol. The van der Waals surface area contributed by atoms with Crippen LogP contribution in [-0.2, 0) is 0 Å². The monoisotopic (exact) mass is 252 g/mol. The van der Waals surface area contributed by atoms with Crippen molar-refractivity contribution in [1.82, 2.24) is 0 Å². The fraction of sp³-hybridized carbons (Fsp3) is 0.600. The quantitative estimate of drug-likeness (QED) is 0.714. The molecule has 2 heteroatoms. The first-order valence-corrected chi connectivity index (χ1v) is 6.94.